The predicted molar refractivity (Wildman–Crippen MR) is 105 cm³/mol. The lowest BCUT2D eigenvalue weighted by Crippen LogP contribution is -2.28. The SMILES string of the molecule is Cn1ncnc1-c1cc(C(C)(C)C#N)c2c(n1)C(c1ccn[nH]1)=NCC2CC(F)F. The highest BCUT2D eigenvalue weighted by atomic mass is 19.3. The fourth-order valence-corrected chi connectivity index (χ4v) is 3.74. The smallest absolute Gasteiger partial charge is 0.239 e. The van der Waals surface area contributed by atoms with E-state index >= 15 is 0 Å². The molecule has 0 saturated carbocycles. The Morgan fingerprint density at radius 1 is 1.40 bits per heavy atom. The van der Waals surface area contributed by atoms with Crippen LogP contribution >= 0.6 is 0 Å². The summed E-state index contributed by atoms with van der Waals surface area (Å²) in [6.45, 7) is 3.72. The first-order chi connectivity index (χ1) is 14.3. The molecule has 0 saturated heterocycles. The second kappa shape index (κ2) is 7.40. The molecule has 3 aromatic rings. The molecule has 0 bridgehead atoms. The van der Waals surface area contributed by atoms with Gasteiger partial charge in [-0.2, -0.15) is 15.5 Å². The summed E-state index contributed by atoms with van der Waals surface area (Å²) in [6.07, 6.45) is 0.153. The Labute approximate surface area is 171 Å². The average molecular weight is 410 g/mol. The molecule has 1 N–H and O–H groups in total. The Morgan fingerprint density at radius 3 is 2.80 bits per heavy atom. The van der Waals surface area contributed by atoms with Crippen LogP contribution in [-0.4, -0.2) is 48.6 Å². The molecule has 0 spiro atoms. The van der Waals surface area contributed by atoms with Gasteiger partial charge < -0.3 is 0 Å². The number of aromatic amines is 1. The first-order valence-corrected chi connectivity index (χ1v) is 9.45. The van der Waals surface area contributed by atoms with Gasteiger partial charge in [0.2, 0.25) is 6.43 Å². The zero-order valence-electron chi connectivity index (χ0n) is 16.8. The number of H-pyrrole nitrogens is 1. The fraction of sp³-hybridized carbons (Fsp3) is 0.400. The summed E-state index contributed by atoms with van der Waals surface area (Å²) in [6, 6.07) is 5.82. The van der Waals surface area contributed by atoms with Crippen LogP contribution in [0, 0.1) is 11.3 Å². The van der Waals surface area contributed by atoms with Gasteiger partial charge in [0.1, 0.15) is 17.7 Å². The van der Waals surface area contributed by atoms with E-state index in [9.17, 15) is 14.0 Å². The summed E-state index contributed by atoms with van der Waals surface area (Å²) in [4.78, 5) is 13.6. The lowest BCUT2D eigenvalue weighted by Gasteiger charge is -2.30. The topological polar surface area (TPSA) is 108 Å². The molecular formula is C20H20F2N8. The van der Waals surface area contributed by atoms with Gasteiger partial charge in [-0.05, 0) is 37.1 Å². The van der Waals surface area contributed by atoms with Crippen LogP contribution in [0.1, 0.15) is 48.7 Å². The molecule has 0 aliphatic carbocycles. The highest BCUT2D eigenvalue weighted by Gasteiger charge is 2.36. The molecule has 0 aromatic carbocycles. The monoisotopic (exact) mass is 410 g/mol. The number of fused-ring (bicyclic) bond motifs is 1. The number of alkyl halides is 2. The number of nitriles is 1. The molecule has 1 unspecified atom stereocenters. The van der Waals surface area contributed by atoms with Crippen molar-refractivity contribution in [1.29, 1.82) is 5.26 Å². The molecule has 0 amide bonds. The first-order valence-electron chi connectivity index (χ1n) is 9.45. The third kappa shape index (κ3) is 3.36. The van der Waals surface area contributed by atoms with Crippen LogP contribution in [0.15, 0.2) is 29.6 Å². The average Bonchev–Trinajstić information content (AvgIpc) is 3.38. The van der Waals surface area contributed by atoms with Gasteiger partial charge in [0.25, 0.3) is 0 Å². The predicted octanol–water partition coefficient (Wildman–Crippen LogP) is 2.99. The van der Waals surface area contributed by atoms with Crippen molar-refractivity contribution in [2.45, 2.75) is 38.0 Å². The minimum absolute atomic E-state index is 0.186. The second-order valence-electron chi connectivity index (χ2n) is 7.74. The molecule has 154 valence electrons. The van der Waals surface area contributed by atoms with E-state index in [1.165, 1.54) is 6.33 Å². The highest BCUT2D eigenvalue weighted by molar-refractivity contribution is 6.12. The summed E-state index contributed by atoms with van der Waals surface area (Å²) in [5, 5.41) is 20.8. The maximum atomic E-state index is 13.4. The third-order valence-electron chi connectivity index (χ3n) is 5.27. The maximum Gasteiger partial charge on any atom is 0.239 e. The maximum absolute atomic E-state index is 13.4. The summed E-state index contributed by atoms with van der Waals surface area (Å²) in [5.41, 5.74) is 2.48. The molecular weight excluding hydrogens is 390 g/mol. The van der Waals surface area contributed by atoms with E-state index in [4.69, 9.17) is 4.98 Å². The molecule has 0 radical (unpaired) electrons. The summed E-state index contributed by atoms with van der Waals surface area (Å²) in [5.74, 6) is -0.0388. The zero-order valence-corrected chi connectivity index (χ0v) is 16.8. The van der Waals surface area contributed by atoms with Gasteiger partial charge in [-0.15, -0.1) is 0 Å². The Balaban J connectivity index is 2.03. The lowest BCUT2D eigenvalue weighted by molar-refractivity contribution is 0.128. The number of halogens is 2. The van der Waals surface area contributed by atoms with E-state index in [1.54, 1.807) is 43.9 Å². The quantitative estimate of drug-likeness (QED) is 0.696. The van der Waals surface area contributed by atoms with Crippen LogP contribution in [0.3, 0.4) is 0 Å². The van der Waals surface area contributed by atoms with Gasteiger partial charge in [-0.3, -0.25) is 10.1 Å². The van der Waals surface area contributed by atoms with Crippen LogP contribution in [0.25, 0.3) is 11.5 Å². The second-order valence-corrected chi connectivity index (χ2v) is 7.74. The van der Waals surface area contributed by atoms with Crippen molar-refractivity contribution in [3.8, 4) is 17.6 Å². The van der Waals surface area contributed by atoms with Crippen molar-refractivity contribution in [2.24, 2.45) is 12.0 Å². The molecule has 30 heavy (non-hydrogen) atoms. The number of aliphatic imine (C=N–C) groups is 1. The van der Waals surface area contributed by atoms with Gasteiger partial charge in [0.15, 0.2) is 5.82 Å². The van der Waals surface area contributed by atoms with Crippen molar-refractivity contribution in [3.05, 3.63) is 47.2 Å². The standard InChI is InChI=1S/C20H20F2N8/c1-20(2,9-23)12-7-14(19-25-10-27-30(19)3)28-18-16(12)11(6-15(21)22)8-24-17(18)13-4-5-26-29-13/h4-5,7,10-11,15H,6,8H2,1-3H3,(H,26,29). The van der Waals surface area contributed by atoms with Crippen LogP contribution in [0.4, 0.5) is 8.78 Å². The number of nitrogens with zero attached hydrogens (tertiary/aromatic N) is 7. The van der Waals surface area contributed by atoms with E-state index in [2.05, 4.69) is 31.3 Å². The summed E-state index contributed by atoms with van der Waals surface area (Å²) >= 11 is 0. The number of aromatic nitrogens is 6. The van der Waals surface area contributed by atoms with E-state index < -0.39 is 17.8 Å². The molecule has 1 aliphatic rings. The Bertz CT molecular complexity index is 1140. The van der Waals surface area contributed by atoms with Crippen molar-refractivity contribution >= 4 is 5.71 Å². The number of rotatable bonds is 5. The van der Waals surface area contributed by atoms with E-state index in [1.807, 2.05) is 0 Å². The van der Waals surface area contributed by atoms with E-state index in [-0.39, 0.29) is 13.0 Å². The van der Waals surface area contributed by atoms with E-state index in [0.29, 0.717) is 39.7 Å². The minimum atomic E-state index is -2.50. The Morgan fingerprint density at radius 2 is 2.20 bits per heavy atom. The number of aryl methyl sites for hydroxylation is 1. The molecule has 0 fully saturated rings. The first kappa shape index (κ1) is 19.8. The van der Waals surface area contributed by atoms with E-state index in [0.717, 1.165) is 0 Å². The lowest BCUT2D eigenvalue weighted by atomic mass is 9.76. The summed E-state index contributed by atoms with van der Waals surface area (Å²) < 4.78 is 28.3. The Hall–Kier alpha value is -3.48. The number of pyridine rings is 1. The molecule has 4 heterocycles. The van der Waals surface area contributed by atoms with Gasteiger partial charge in [0.05, 0.1) is 22.9 Å². The zero-order chi connectivity index (χ0) is 21.5. The van der Waals surface area contributed by atoms with Gasteiger partial charge in [-0.25, -0.2) is 23.4 Å². The largest absolute Gasteiger partial charge is 0.280 e. The number of hydrogen-bond donors (Lipinski definition) is 1. The van der Waals surface area contributed by atoms with Crippen LogP contribution in [0.5, 0.6) is 0 Å². The van der Waals surface area contributed by atoms with Crippen molar-refractivity contribution < 1.29 is 8.78 Å². The van der Waals surface area contributed by atoms with Crippen molar-refractivity contribution in [3.63, 3.8) is 0 Å². The molecule has 4 rings (SSSR count). The highest BCUT2D eigenvalue weighted by Crippen LogP contribution is 2.40. The van der Waals surface area contributed by atoms with Gasteiger partial charge in [0, 0.05) is 32.1 Å². The molecule has 3 aromatic heterocycles. The number of nitrogens with one attached hydrogen (secondary N) is 1. The van der Waals surface area contributed by atoms with Crippen LogP contribution in [-0.2, 0) is 12.5 Å². The fourth-order valence-electron chi connectivity index (χ4n) is 3.74. The number of hydrogen-bond acceptors (Lipinski definition) is 6. The molecule has 8 nitrogen and oxygen atoms in total. The normalized spacial score (nSPS) is 16.3. The molecule has 10 heteroatoms. The van der Waals surface area contributed by atoms with Crippen molar-refractivity contribution in [1.82, 2.24) is 29.9 Å². The van der Waals surface area contributed by atoms with Gasteiger partial charge in [-0.1, -0.05) is 0 Å². The van der Waals surface area contributed by atoms with Crippen LogP contribution < -0.4 is 0 Å². The minimum Gasteiger partial charge on any atom is -0.280 e. The third-order valence-corrected chi connectivity index (χ3v) is 5.27. The summed E-state index contributed by atoms with van der Waals surface area (Å²) in [7, 11) is 1.74. The Kier molecular flexibility index (Phi) is 4.89. The van der Waals surface area contributed by atoms with Crippen molar-refractivity contribution in [2.75, 3.05) is 6.54 Å². The molecule has 1 atom stereocenters. The van der Waals surface area contributed by atoms with Gasteiger partial charge >= 0.3 is 0 Å². The molecule has 1 aliphatic heterocycles. The van der Waals surface area contributed by atoms with Crippen LogP contribution in [0.2, 0.25) is 0 Å².